The smallest absolute Gasteiger partial charge is 0.416 e. The van der Waals surface area contributed by atoms with Gasteiger partial charge in [-0.05, 0) is 30.3 Å². The number of nitrogens with one attached hydrogen (secondary N) is 2. The van der Waals surface area contributed by atoms with Crippen molar-refractivity contribution < 1.29 is 27.5 Å². The molecule has 0 bridgehead atoms. The number of nitrogens with zero attached hydrogens (tertiary/aromatic N) is 1. The maximum absolute atomic E-state index is 12.8. The van der Waals surface area contributed by atoms with E-state index in [1.807, 2.05) is 0 Å². The number of benzene rings is 1. The Labute approximate surface area is 151 Å². The summed E-state index contributed by atoms with van der Waals surface area (Å²) in [4.78, 5) is 27.3. The quantitative estimate of drug-likeness (QED) is 0.834. The fraction of sp³-hybridized carbons (Fsp3) is 0.188. The lowest BCUT2D eigenvalue weighted by atomic mass is 10.1. The molecule has 0 atom stereocenters. The molecule has 0 aliphatic heterocycles. The van der Waals surface area contributed by atoms with Crippen molar-refractivity contribution in [2.75, 3.05) is 12.4 Å². The molecule has 2 amide bonds. The minimum absolute atomic E-state index is 0.0120. The predicted molar refractivity (Wildman–Crippen MR) is 87.9 cm³/mol. The molecule has 2 aromatic rings. The van der Waals surface area contributed by atoms with Crippen LogP contribution in [0.5, 0.6) is 0 Å². The Bertz CT molecular complexity index is 828. The summed E-state index contributed by atoms with van der Waals surface area (Å²) >= 11 is 5.85. The molecule has 0 fully saturated rings. The second-order valence-corrected chi connectivity index (χ2v) is 5.43. The Morgan fingerprint density at radius 3 is 2.62 bits per heavy atom. The number of pyridine rings is 1. The van der Waals surface area contributed by atoms with Crippen molar-refractivity contribution in [2.45, 2.75) is 12.7 Å². The zero-order chi connectivity index (χ0) is 19.3. The first kappa shape index (κ1) is 19.5. The fourth-order valence-electron chi connectivity index (χ4n) is 1.94. The van der Waals surface area contributed by atoms with Crippen molar-refractivity contribution in [3.05, 3.63) is 58.4 Å². The summed E-state index contributed by atoms with van der Waals surface area (Å²) in [5.41, 5.74) is -0.610. The number of hydrogen-bond donors (Lipinski definition) is 2. The van der Waals surface area contributed by atoms with Crippen LogP contribution in [0.25, 0.3) is 0 Å². The molecule has 1 aromatic carbocycles. The molecule has 0 saturated heterocycles. The molecule has 0 aliphatic rings. The Morgan fingerprint density at radius 2 is 1.96 bits per heavy atom. The number of rotatable bonds is 4. The van der Waals surface area contributed by atoms with Gasteiger partial charge in [-0.15, -0.1) is 0 Å². The topological polar surface area (TPSA) is 80.3 Å². The van der Waals surface area contributed by atoms with Crippen LogP contribution in [0.3, 0.4) is 0 Å². The Balaban J connectivity index is 2.16. The average molecular weight is 388 g/mol. The van der Waals surface area contributed by atoms with E-state index in [0.29, 0.717) is 5.69 Å². The standard InChI is InChI=1S/C16H13ClF3N3O3/c1-26-15(25)22-8-11-6-9(4-5-21-11)14(24)23-13-7-10(16(18,19)20)2-3-12(13)17/h2-7H,8H2,1H3,(H,22,25)(H,23,24). The van der Waals surface area contributed by atoms with E-state index in [2.05, 4.69) is 20.4 Å². The lowest BCUT2D eigenvalue weighted by Gasteiger charge is -2.12. The van der Waals surface area contributed by atoms with Gasteiger partial charge in [0.15, 0.2) is 0 Å². The molecule has 2 N–H and O–H groups in total. The summed E-state index contributed by atoms with van der Waals surface area (Å²) in [6.07, 6.45) is -3.90. The van der Waals surface area contributed by atoms with Crippen LogP contribution < -0.4 is 10.6 Å². The number of ether oxygens (including phenoxy) is 1. The molecule has 0 radical (unpaired) electrons. The SMILES string of the molecule is COC(=O)NCc1cc(C(=O)Nc2cc(C(F)(F)F)ccc2Cl)ccn1. The highest BCUT2D eigenvalue weighted by Crippen LogP contribution is 2.33. The lowest BCUT2D eigenvalue weighted by molar-refractivity contribution is -0.137. The Morgan fingerprint density at radius 1 is 1.23 bits per heavy atom. The van der Waals surface area contributed by atoms with Crippen LogP contribution in [0.15, 0.2) is 36.5 Å². The molecule has 2 rings (SSSR count). The highest BCUT2D eigenvalue weighted by molar-refractivity contribution is 6.34. The molecule has 138 valence electrons. The first-order valence-corrected chi connectivity index (χ1v) is 7.53. The van der Waals surface area contributed by atoms with Crippen molar-refractivity contribution in [2.24, 2.45) is 0 Å². The maximum atomic E-state index is 12.8. The van der Waals surface area contributed by atoms with Gasteiger partial charge in [-0.2, -0.15) is 13.2 Å². The van der Waals surface area contributed by atoms with Gasteiger partial charge in [0, 0.05) is 11.8 Å². The third-order valence-electron chi connectivity index (χ3n) is 3.22. The van der Waals surface area contributed by atoms with Gasteiger partial charge in [-0.3, -0.25) is 9.78 Å². The molecule has 6 nitrogen and oxygen atoms in total. The van der Waals surface area contributed by atoms with Crippen LogP contribution in [-0.4, -0.2) is 24.1 Å². The van der Waals surface area contributed by atoms with E-state index in [-0.39, 0.29) is 22.8 Å². The van der Waals surface area contributed by atoms with Gasteiger partial charge in [0.1, 0.15) is 0 Å². The zero-order valence-corrected chi connectivity index (χ0v) is 14.1. The van der Waals surface area contributed by atoms with E-state index in [9.17, 15) is 22.8 Å². The summed E-state index contributed by atoms with van der Waals surface area (Å²) in [5, 5.41) is 4.69. The molecule has 0 spiro atoms. The second-order valence-electron chi connectivity index (χ2n) is 5.03. The third-order valence-corrected chi connectivity index (χ3v) is 3.55. The number of amides is 2. The molecule has 10 heteroatoms. The monoisotopic (exact) mass is 387 g/mol. The number of anilines is 1. The van der Waals surface area contributed by atoms with E-state index in [4.69, 9.17) is 11.6 Å². The zero-order valence-electron chi connectivity index (χ0n) is 13.4. The summed E-state index contributed by atoms with van der Waals surface area (Å²) in [6.45, 7) is 0.0120. The van der Waals surface area contributed by atoms with E-state index in [0.717, 1.165) is 18.2 Å². The minimum Gasteiger partial charge on any atom is -0.453 e. The summed E-state index contributed by atoms with van der Waals surface area (Å²) in [5.74, 6) is -0.673. The molecular formula is C16H13ClF3N3O3. The Hall–Kier alpha value is -2.81. The van der Waals surface area contributed by atoms with E-state index in [1.165, 1.54) is 25.4 Å². The first-order chi connectivity index (χ1) is 12.2. The normalized spacial score (nSPS) is 11.0. The highest BCUT2D eigenvalue weighted by atomic mass is 35.5. The third kappa shape index (κ3) is 5.09. The van der Waals surface area contributed by atoms with Crippen LogP contribution >= 0.6 is 11.6 Å². The van der Waals surface area contributed by atoms with Gasteiger partial charge in [0.2, 0.25) is 0 Å². The van der Waals surface area contributed by atoms with Crippen LogP contribution in [-0.2, 0) is 17.5 Å². The lowest BCUT2D eigenvalue weighted by Crippen LogP contribution is -2.23. The second kappa shape index (κ2) is 8.05. The molecule has 0 aliphatic carbocycles. The van der Waals surface area contributed by atoms with Crippen LogP contribution in [0.4, 0.5) is 23.7 Å². The average Bonchev–Trinajstić information content (AvgIpc) is 2.60. The van der Waals surface area contributed by atoms with E-state index >= 15 is 0 Å². The largest absolute Gasteiger partial charge is 0.453 e. The number of halogens is 4. The molecular weight excluding hydrogens is 375 g/mol. The maximum Gasteiger partial charge on any atom is 0.416 e. The summed E-state index contributed by atoms with van der Waals surface area (Å²) in [7, 11) is 1.20. The van der Waals surface area contributed by atoms with E-state index in [1.54, 1.807) is 0 Å². The van der Waals surface area contributed by atoms with Gasteiger partial charge in [0.25, 0.3) is 5.91 Å². The van der Waals surface area contributed by atoms with Crippen molar-refractivity contribution in [3.8, 4) is 0 Å². The van der Waals surface area contributed by atoms with Gasteiger partial charge < -0.3 is 15.4 Å². The number of methoxy groups -OCH3 is 1. The summed E-state index contributed by atoms with van der Waals surface area (Å²) < 4.78 is 42.8. The van der Waals surface area contributed by atoms with E-state index < -0.39 is 23.7 Å². The number of hydrogen-bond acceptors (Lipinski definition) is 4. The molecule has 26 heavy (non-hydrogen) atoms. The minimum atomic E-state index is -4.56. The van der Waals surface area contributed by atoms with Crippen molar-refractivity contribution >= 4 is 29.3 Å². The van der Waals surface area contributed by atoms with Crippen molar-refractivity contribution in [1.29, 1.82) is 0 Å². The van der Waals surface area contributed by atoms with Crippen LogP contribution in [0.2, 0.25) is 5.02 Å². The first-order valence-electron chi connectivity index (χ1n) is 7.15. The fourth-order valence-corrected chi connectivity index (χ4v) is 2.11. The highest BCUT2D eigenvalue weighted by Gasteiger charge is 2.31. The Kier molecular flexibility index (Phi) is 6.04. The molecule has 0 unspecified atom stereocenters. The van der Waals surface area contributed by atoms with Crippen molar-refractivity contribution in [1.82, 2.24) is 10.3 Å². The number of carbonyl (C=O) groups is 2. The molecule has 1 aromatic heterocycles. The number of carbonyl (C=O) groups excluding carboxylic acids is 2. The van der Waals surface area contributed by atoms with Gasteiger partial charge >= 0.3 is 12.3 Å². The number of aromatic nitrogens is 1. The van der Waals surface area contributed by atoms with Crippen molar-refractivity contribution in [3.63, 3.8) is 0 Å². The van der Waals surface area contributed by atoms with Gasteiger partial charge in [-0.25, -0.2) is 4.79 Å². The van der Waals surface area contributed by atoms with Crippen LogP contribution in [0.1, 0.15) is 21.6 Å². The van der Waals surface area contributed by atoms with Crippen LogP contribution in [0, 0.1) is 0 Å². The number of alkyl carbamates (subject to hydrolysis) is 1. The van der Waals surface area contributed by atoms with Gasteiger partial charge in [0.05, 0.1) is 35.6 Å². The molecule has 1 heterocycles. The number of alkyl halides is 3. The molecule has 0 saturated carbocycles. The van der Waals surface area contributed by atoms with Gasteiger partial charge in [-0.1, -0.05) is 11.6 Å². The predicted octanol–water partition coefficient (Wildman–Crippen LogP) is 3.86. The summed E-state index contributed by atoms with van der Waals surface area (Å²) in [6, 6.07) is 5.38.